The van der Waals surface area contributed by atoms with Gasteiger partial charge in [0.15, 0.2) is 0 Å². The molecule has 3 aliphatic rings. The summed E-state index contributed by atoms with van der Waals surface area (Å²) in [6.07, 6.45) is 7.52. The number of thioether (sulfide) groups is 1. The average molecular weight is 253 g/mol. The first-order valence-electron chi connectivity index (χ1n) is 7.12. The van der Waals surface area contributed by atoms with Crippen molar-refractivity contribution < 1.29 is 4.79 Å². The molecule has 3 fully saturated rings. The minimum absolute atomic E-state index is 0.227. The highest BCUT2D eigenvalue weighted by atomic mass is 32.2. The van der Waals surface area contributed by atoms with E-state index in [1.807, 2.05) is 6.92 Å². The molecule has 5 atom stereocenters. The molecule has 0 amide bonds. The minimum atomic E-state index is 0.227. The predicted molar refractivity (Wildman–Crippen MR) is 72.1 cm³/mol. The average Bonchev–Trinajstić information content (AvgIpc) is 2.86. The number of hydrogen-bond acceptors (Lipinski definition) is 3. The van der Waals surface area contributed by atoms with Crippen LogP contribution in [0, 0.1) is 11.8 Å². The van der Waals surface area contributed by atoms with E-state index in [2.05, 4.69) is 23.7 Å². The molecule has 1 aliphatic carbocycles. The fraction of sp³-hybridized carbons (Fsp3) is 0.929. The van der Waals surface area contributed by atoms with E-state index < -0.39 is 0 Å². The molecule has 0 aromatic heterocycles. The van der Waals surface area contributed by atoms with E-state index in [0.29, 0.717) is 17.6 Å². The molecular formula is C14H23NOS. The van der Waals surface area contributed by atoms with Gasteiger partial charge < -0.3 is 0 Å². The van der Waals surface area contributed by atoms with Crippen molar-refractivity contribution >= 4 is 17.5 Å². The molecule has 3 heteroatoms. The maximum Gasteiger partial charge on any atom is 0.149 e. The Morgan fingerprint density at radius 2 is 2.06 bits per heavy atom. The number of likely N-dealkylation sites (tertiary alicyclic amines) is 1. The number of Topliss-reactive ketones (excluding diaryl/α,β-unsaturated/α-hetero) is 1. The molecule has 96 valence electrons. The molecule has 0 N–H and O–H groups in total. The first kappa shape index (κ1) is 12.0. The predicted octanol–water partition coefficient (Wildman–Crippen LogP) is 2.92. The molecule has 2 aliphatic heterocycles. The van der Waals surface area contributed by atoms with E-state index in [0.717, 1.165) is 23.5 Å². The van der Waals surface area contributed by atoms with Crippen molar-refractivity contribution in [3.63, 3.8) is 0 Å². The van der Waals surface area contributed by atoms with Crippen LogP contribution >= 0.6 is 11.8 Å². The van der Waals surface area contributed by atoms with Gasteiger partial charge in [-0.2, -0.15) is 0 Å². The third kappa shape index (κ3) is 1.86. The van der Waals surface area contributed by atoms with Gasteiger partial charge >= 0.3 is 0 Å². The monoisotopic (exact) mass is 253 g/mol. The molecule has 17 heavy (non-hydrogen) atoms. The Hall–Kier alpha value is -0.0200. The van der Waals surface area contributed by atoms with Gasteiger partial charge in [-0.15, -0.1) is 11.8 Å². The van der Waals surface area contributed by atoms with Gasteiger partial charge in [-0.3, -0.25) is 9.69 Å². The van der Waals surface area contributed by atoms with Crippen LogP contribution in [0.3, 0.4) is 0 Å². The number of nitrogens with zero attached hydrogens (tertiary/aromatic N) is 1. The Morgan fingerprint density at radius 1 is 1.29 bits per heavy atom. The molecule has 2 heterocycles. The Morgan fingerprint density at radius 3 is 2.82 bits per heavy atom. The number of ketones is 1. The Kier molecular flexibility index (Phi) is 3.24. The second-order valence-corrected chi connectivity index (χ2v) is 7.27. The third-order valence-electron chi connectivity index (χ3n) is 5.09. The molecule has 5 unspecified atom stereocenters. The van der Waals surface area contributed by atoms with E-state index in [-0.39, 0.29) is 6.04 Å². The van der Waals surface area contributed by atoms with E-state index >= 15 is 0 Å². The van der Waals surface area contributed by atoms with Gasteiger partial charge in [0.25, 0.3) is 0 Å². The molecule has 0 bridgehead atoms. The number of carbonyl (C=O) groups is 1. The molecular weight excluding hydrogens is 230 g/mol. The van der Waals surface area contributed by atoms with Crippen LogP contribution in [0.25, 0.3) is 0 Å². The van der Waals surface area contributed by atoms with Crippen LogP contribution in [0.2, 0.25) is 0 Å². The maximum atomic E-state index is 12.0. The summed E-state index contributed by atoms with van der Waals surface area (Å²) in [5, 5.41) is 1.54. The topological polar surface area (TPSA) is 20.3 Å². The Labute approximate surface area is 109 Å². The number of rotatable bonds is 2. The highest BCUT2D eigenvalue weighted by Crippen LogP contribution is 2.55. The Bertz CT molecular complexity index is 319. The normalized spacial score (nSPS) is 45.6. The van der Waals surface area contributed by atoms with Crippen molar-refractivity contribution in [1.82, 2.24) is 4.90 Å². The second kappa shape index (κ2) is 4.58. The lowest BCUT2D eigenvalue weighted by Gasteiger charge is -2.28. The summed E-state index contributed by atoms with van der Waals surface area (Å²) in [6, 6.07) is 0.227. The van der Waals surface area contributed by atoms with Crippen molar-refractivity contribution in [3.8, 4) is 0 Å². The van der Waals surface area contributed by atoms with Crippen molar-refractivity contribution in [2.24, 2.45) is 11.8 Å². The van der Waals surface area contributed by atoms with Crippen LogP contribution in [0.15, 0.2) is 0 Å². The lowest BCUT2D eigenvalue weighted by molar-refractivity contribution is -0.122. The number of carbonyl (C=O) groups excluding carboxylic acids is 1. The molecule has 0 spiro atoms. The minimum Gasteiger partial charge on any atom is -0.298 e. The smallest absolute Gasteiger partial charge is 0.149 e. The zero-order valence-corrected chi connectivity index (χ0v) is 11.7. The lowest BCUT2D eigenvalue weighted by Crippen LogP contribution is -2.36. The standard InChI is InChI=1S/C14H23NOS/c1-3-12(16)11-8-10-9-6-4-5-7-13(9)17-14(10)15(11)2/h9-11,13-14H,3-8H2,1-2H3. The van der Waals surface area contributed by atoms with Gasteiger partial charge in [-0.1, -0.05) is 19.8 Å². The van der Waals surface area contributed by atoms with Crippen LogP contribution in [0.5, 0.6) is 0 Å². The highest BCUT2D eigenvalue weighted by Gasteiger charge is 2.53. The molecule has 2 nitrogen and oxygen atoms in total. The zero-order valence-electron chi connectivity index (χ0n) is 10.9. The van der Waals surface area contributed by atoms with Crippen LogP contribution in [0.4, 0.5) is 0 Å². The van der Waals surface area contributed by atoms with Gasteiger partial charge in [-0.05, 0) is 38.1 Å². The first-order chi connectivity index (χ1) is 8.22. The molecule has 2 saturated heterocycles. The van der Waals surface area contributed by atoms with Crippen molar-refractivity contribution in [3.05, 3.63) is 0 Å². The molecule has 0 aromatic rings. The first-order valence-corrected chi connectivity index (χ1v) is 8.06. The van der Waals surface area contributed by atoms with E-state index in [4.69, 9.17) is 0 Å². The fourth-order valence-corrected chi connectivity index (χ4v) is 6.21. The Balaban J connectivity index is 1.75. The second-order valence-electron chi connectivity index (χ2n) is 5.91. The summed E-state index contributed by atoms with van der Waals surface area (Å²) in [6.45, 7) is 2.00. The SMILES string of the molecule is CCC(=O)C1CC2C3CCCCC3SC2N1C. The van der Waals surface area contributed by atoms with Crippen molar-refractivity contribution in [1.29, 1.82) is 0 Å². The fourth-order valence-electron chi connectivity index (χ4n) is 4.16. The molecule has 3 rings (SSSR count). The van der Waals surface area contributed by atoms with Gasteiger partial charge in [0, 0.05) is 11.7 Å². The highest BCUT2D eigenvalue weighted by molar-refractivity contribution is 8.00. The van der Waals surface area contributed by atoms with Gasteiger partial charge in [0.2, 0.25) is 0 Å². The summed E-state index contributed by atoms with van der Waals surface area (Å²) in [4.78, 5) is 14.4. The molecule has 0 radical (unpaired) electrons. The van der Waals surface area contributed by atoms with E-state index in [1.54, 1.807) is 0 Å². The van der Waals surface area contributed by atoms with Gasteiger partial charge in [0.1, 0.15) is 5.78 Å². The molecule has 0 aromatic carbocycles. The molecule has 1 saturated carbocycles. The largest absolute Gasteiger partial charge is 0.298 e. The summed E-state index contributed by atoms with van der Waals surface area (Å²) in [5.74, 6) is 2.17. The van der Waals surface area contributed by atoms with E-state index in [1.165, 1.54) is 25.7 Å². The van der Waals surface area contributed by atoms with Gasteiger partial charge in [0.05, 0.1) is 11.4 Å². The number of likely N-dealkylation sites (N-methyl/N-ethyl adjacent to an activating group) is 1. The maximum absolute atomic E-state index is 12.0. The van der Waals surface area contributed by atoms with Gasteiger partial charge in [-0.25, -0.2) is 0 Å². The number of hydrogen-bond donors (Lipinski definition) is 0. The van der Waals surface area contributed by atoms with Crippen LogP contribution in [-0.4, -0.2) is 34.4 Å². The van der Waals surface area contributed by atoms with Crippen LogP contribution < -0.4 is 0 Å². The quantitative estimate of drug-likeness (QED) is 0.755. The van der Waals surface area contributed by atoms with Crippen molar-refractivity contribution in [2.75, 3.05) is 7.05 Å². The zero-order chi connectivity index (χ0) is 12.0. The van der Waals surface area contributed by atoms with E-state index in [9.17, 15) is 4.79 Å². The van der Waals surface area contributed by atoms with Crippen LogP contribution in [-0.2, 0) is 4.79 Å². The lowest BCUT2D eigenvalue weighted by atomic mass is 9.78. The summed E-state index contributed by atoms with van der Waals surface area (Å²) in [7, 11) is 2.17. The summed E-state index contributed by atoms with van der Waals surface area (Å²) in [5.41, 5.74) is 0. The third-order valence-corrected chi connectivity index (χ3v) is 6.99. The summed E-state index contributed by atoms with van der Waals surface area (Å²) >= 11 is 2.18. The van der Waals surface area contributed by atoms with Crippen LogP contribution in [0.1, 0.15) is 45.4 Å². The van der Waals surface area contributed by atoms with Crippen molar-refractivity contribution in [2.45, 2.75) is 62.1 Å². The number of fused-ring (bicyclic) bond motifs is 3. The summed E-state index contributed by atoms with van der Waals surface area (Å²) < 4.78 is 0.